The monoisotopic (exact) mass is 967 g/mol. The number of aliphatic imine (C=N–C) groups is 1. The summed E-state index contributed by atoms with van der Waals surface area (Å²) in [5.74, 6) is -4.73. The highest BCUT2D eigenvalue weighted by atomic mass is 32.2. The fourth-order valence-corrected chi connectivity index (χ4v) is 10.4. The number of Topliss-reactive ketones (excluding diaryl/α,β-unsaturated/α-hetero) is 2. The van der Waals surface area contributed by atoms with Crippen molar-refractivity contribution in [3.63, 3.8) is 0 Å². The summed E-state index contributed by atoms with van der Waals surface area (Å²) in [5.41, 5.74) is 11.3. The molecule has 0 unspecified atom stereocenters. The number of ether oxygens (including phenoxy) is 1. The molecule has 6 N–H and O–H groups in total. The highest BCUT2D eigenvalue weighted by molar-refractivity contribution is 8.15. The molecule has 0 radical (unpaired) electrons. The van der Waals surface area contributed by atoms with Crippen LogP contribution in [0.2, 0.25) is 0 Å². The van der Waals surface area contributed by atoms with Gasteiger partial charge >= 0.3 is 11.9 Å². The number of unbranched alkanes of at least 4 members (excludes halogenated alkanes) is 2. The molecular weight excluding hydrogens is 907 g/mol. The number of ketones is 2. The number of fused-ring (bicyclic) bond motifs is 4. The van der Waals surface area contributed by atoms with Crippen LogP contribution >= 0.6 is 23.1 Å². The highest BCUT2D eigenvalue weighted by Crippen LogP contribution is 2.44. The van der Waals surface area contributed by atoms with E-state index in [0.717, 1.165) is 39.9 Å². The van der Waals surface area contributed by atoms with E-state index in [1.54, 1.807) is 18.2 Å². The van der Waals surface area contributed by atoms with Gasteiger partial charge in [0.15, 0.2) is 17.6 Å². The normalized spacial score (nSPS) is 15.5. The summed E-state index contributed by atoms with van der Waals surface area (Å²) in [6.45, 7) is 2.60. The molecule has 0 spiro atoms. The summed E-state index contributed by atoms with van der Waals surface area (Å²) in [4.78, 5) is 102. The number of aromatic nitrogens is 1. The molecule has 18 heteroatoms. The first-order chi connectivity index (χ1) is 32.7. The molecule has 3 amide bonds. The number of rotatable bonds is 27. The lowest BCUT2D eigenvalue weighted by molar-refractivity contribution is -0.147. The van der Waals surface area contributed by atoms with Gasteiger partial charge in [0.2, 0.25) is 17.7 Å². The van der Waals surface area contributed by atoms with Gasteiger partial charge in [0, 0.05) is 48.5 Å². The minimum absolute atomic E-state index is 0.116. The molecule has 4 atom stereocenters. The van der Waals surface area contributed by atoms with Crippen molar-refractivity contribution >= 4 is 85.3 Å². The molecule has 362 valence electrons. The Balaban J connectivity index is 0.956. The number of hydrogen-bond acceptors (Lipinski definition) is 14. The summed E-state index contributed by atoms with van der Waals surface area (Å²) >= 11 is 2.68. The first-order valence-corrected chi connectivity index (χ1v) is 25.0. The van der Waals surface area contributed by atoms with E-state index >= 15 is 0 Å². The van der Waals surface area contributed by atoms with Gasteiger partial charge in [-0.25, -0.2) is 9.78 Å². The number of carboxylic acids is 1. The minimum atomic E-state index is -0.986. The SMILES string of the molecule is C[C@H](NC(=O)CCC(=O)CNC(=O)[C@H](CCCCN(C)C)CC(=O)OCC1c2ccccc2-c2ccccc21)C(=O)C[C@@H](CCCCN)C(=O)Nc1ccc2nc(C3=N[C@@H](C(=O)O)CS3)sc2c1. The maximum atomic E-state index is 13.6. The number of aliphatic carboxylic acids is 1. The lowest BCUT2D eigenvalue weighted by Gasteiger charge is -2.19. The Morgan fingerprint density at radius 2 is 1.54 bits per heavy atom. The summed E-state index contributed by atoms with van der Waals surface area (Å²) in [6, 6.07) is 19.6. The molecule has 2 aliphatic rings. The predicted molar refractivity (Wildman–Crippen MR) is 265 cm³/mol. The average molecular weight is 968 g/mol. The van der Waals surface area contributed by atoms with Crippen molar-refractivity contribution in [3.8, 4) is 11.1 Å². The van der Waals surface area contributed by atoms with Crippen molar-refractivity contribution in [2.75, 3.05) is 51.4 Å². The van der Waals surface area contributed by atoms with Gasteiger partial charge in [0.1, 0.15) is 16.7 Å². The Kier molecular flexibility index (Phi) is 18.9. The maximum Gasteiger partial charge on any atom is 0.329 e. The van der Waals surface area contributed by atoms with Crippen molar-refractivity contribution in [2.45, 2.75) is 89.1 Å². The maximum absolute atomic E-state index is 13.6. The number of carboxylic acid groups (broad SMARTS) is 1. The van der Waals surface area contributed by atoms with E-state index in [4.69, 9.17) is 10.5 Å². The number of nitrogens with one attached hydrogen (secondary N) is 3. The van der Waals surface area contributed by atoms with Crippen LogP contribution in [-0.2, 0) is 38.3 Å². The molecule has 6 rings (SSSR count). The molecule has 68 heavy (non-hydrogen) atoms. The van der Waals surface area contributed by atoms with Crippen molar-refractivity contribution in [2.24, 2.45) is 22.6 Å². The summed E-state index contributed by atoms with van der Waals surface area (Å²) in [7, 11) is 3.93. The van der Waals surface area contributed by atoms with E-state index in [0.29, 0.717) is 65.7 Å². The highest BCUT2D eigenvalue weighted by Gasteiger charge is 2.31. The number of carbonyl (C=O) groups is 7. The molecule has 0 saturated carbocycles. The van der Waals surface area contributed by atoms with Crippen LogP contribution in [0, 0.1) is 11.8 Å². The zero-order valence-corrected chi connectivity index (χ0v) is 40.4. The van der Waals surface area contributed by atoms with E-state index in [1.807, 2.05) is 55.4 Å². The number of nitrogens with two attached hydrogens (primary N) is 1. The number of nitrogens with zero attached hydrogens (tertiary/aromatic N) is 3. The molecule has 16 nitrogen and oxygen atoms in total. The van der Waals surface area contributed by atoms with Gasteiger partial charge in [-0.15, -0.1) is 23.1 Å². The Labute approximate surface area is 404 Å². The molecule has 0 fully saturated rings. The van der Waals surface area contributed by atoms with Crippen molar-refractivity contribution in [1.29, 1.82) is 0 Å². The van der Waals surface area contributed by atoms with Crippen LogP contribution in [0.25, 0.3) is 21.3 Å². The van der Waals surface area contributed by atoms with Gasteiger partial charge in [-0.05, 0) is 100 Å². The number of benzene rings is 3. The van der Waals surface area contributed by atoms with Gasteiger partial charge in [-0.3, -0.25) is 33.8 Å². The van der Waals surface area contributed by atoms with E-state index in [9.17, 15) is 38.7 Å². The first kappa shape index (κ1) is 51.6. The molecule has 0 bridgehead atoms. The number of carbonyl (C=O) groups excluding carboxylic acids is 6. The van der Waals surface area contributed by atoms with Crippen LogP contribution in [0.4, 0.5) is 5.69 Å². The van der Waals surface area contributed by atoms with Crippen LogP contribution in [0.1, 0.15) is 93.2 Å². The Morgan fingerprint density at radius 3 is 2.21 bits per heavy atom. The van der Waals surface area contributed by atoms with Gasteiger partial charge in [-0.2, -0.15) is 0 Å². The van der Waals surface area contributed by atoms with Crippen LogP contribution in [0.15, 0.2) is 71.7 Å². The number of thiazole rings is 1. The number of esters is 1. The lowest BCUT2D eigenvalue weighted by atomic mass is 9.92. The molecule has 1 aromatic heterocycles. The summed E-state index contributed by atoms with van der Waals surface area (Å²) < 4.78 is 6.58. The van der Waals surface area contributed by atoms with Gasteiger partial charge < -0.3 is 36.4 Å². The van der Waals surface area contributed by atoms with Gasteiger partial charge in [0.25, 0.3) is 0 Å². The van der Waals surface area contributed by atoms with E-state index in [1.165, 1.54) is 30.0 Å². The summed E-state index contributed by atoms with van der Waals surface area (Å²) in [5, 5.41) is 18.7. The third-order valence-corrected chi connectivity index (χ3v) is 14.3. The van der Waals surface area contributed by atoms with E-state index < -0.39 is 47.7 Å². The molecule has 1 aliphatic heterocycles. The zero-order valence-electron chi connectivity index (χ0n) is 38.8. The second kappa shape index (κ2) is 25.0. The van der Waals surface area contributed by atoms with Crippen molar-refractivity contribution in [3.05, 3.63) is 82.9 Å². The fraction of sp³-hybridized carbons (Fsp3) is 0.460. The van der Waals surface area contributed by atoms with Crippen molar-refractivity contribution < 1.29 is 43.4 Å². The Hall–Kier alpha value is -5.82. The number of amides is 3. The predicted octanol–water partition coefficient (Wildman–Crippen LogP) is 5.95. The molecule has 0 saturated heterocycles. The minimum Gasteiger partial charge on any atom is -0.480 e. The molecular formula is C50H61N7O9S2. The molecule has 4 aromatic rings. The quantitative estimate of drug-likeness (QED) is 0.0344. The Morgan fingerprint density at radius 1 is 0.868 bits per heavy atom. The second-order valence-electron chi connectivity index (χ2n) is 17.6. The van der Waals surface area contributed by atoms with E-state index in [2.05, 4.69) is 38.1 Å². The fourth-order valence-electron chi connectivity index (χ4n) is 8.32. The smallest absolute Gasteiger partial charge is 0.329 e. The van der Waals surface area contributed by atoms with Crippen LogP contribution in [0.3, 0.4) is 0 Å². The average Bonchev–Trinajstić information content (AvgIpc) is 4.06. The largest absolute Gasteiger partial charge is 0.480 e. The van der Waals surface area contributed by atoms with Crippen molar-refractivity contribution in [1.82, 2.24) is 20.5 Å². The summed E-state index contributed by atoms with van der Waals surface area (Å²) in [6.07, 6.45) is 2.95. The Bertz CT molecular complexity index is 2460. The van der Waals surface area contributed by atoms with Crippen LogP contribution < -0.4 is 21.7 Å². The number of thioether (sulfide) groups is 1. The van der Waals surface area contributed by atoms with Crippen LogP contribution in [-0.4, -0.2) is 119 Å². The molecule has 3 aromatic carbocycles. The van der Waals surface area contributed by atoms with Gasteiger partial charge in [-0.1, -0.05) is 61.4 Å². The van der Waals surface area contributed by atoms with Crippen LogP contribution in [0.5, 0.6) is 0 Å². The third kappa shape index (κ3) is 14.4. The topological polar surface area (TPSA) is 240 Å². The molecule has 1 aliphatic carbocycles. The third-order valence-electron chi connectivity index (χ3n) is 12.1. The number of anilines is 1. The molecule has 2 heterocycles. The zero-order chi connectivity index (χ0) is 48.7. The first-order valence-electron chi connectivity index (χ1n) is 23.2. The second-order valence-corrected chi connectivity index (χ2v) is 19.6. The van der Waals surface area contributed by atoms with Gasteiger partial charge in [0.05, 0.1) is 29.2 Å². The van der Waals surface area contributed by atoms with E-state index in [-0.39, 0.29) is 62.2 Å². The standard InChI is InChI=1S/C50H61N7O9S2/c1-30(42(59)24-31(12-8-10-22-51)47(63)54-33-18-20-40-43(26-33)68-49(55-40)48-56-41(29-67-48)50(64)65)53-44(60)21-19-34(58)27-52-46(62)32(13-9-11-23-57(2)3)25-45(61)66-28-39-37-16-6-4-14-35(37)36-15-5-7-17-38(36)39/h4-7,14-18,20,26,30-32,39,41H,8-13,19,21-25,27-29,51H2,1-3H3,(H,52,62)(H,53,60)(H,54,63)(H,64,65)/t30-,31+,32+,41+/m0/s1. The lowest BCUT2D eigenvalue weighted by Crippen LogP contribution is -2.40. The number of hydrogen-bond donors (Lipinski definition) is 5.